The van der Waals surface area contributed by atoms with Gasteiger partial charge >= 0.3 is 12.1 Å². The van der Waals surface area contributed by atoms with Gasteiger partial charge in [0, 0.05) is 12.1 Å². The average molecular weight is 389 g/mol. The number of amides is 1. The largest absolute Gasteiger partial charge is 0.462 e. The zero-order valence-corrected chi connectivity index (χ0v) is 16.4. The molecule has 0 aliphatic heterocycles. The summed E-state index contributed by atoms with van der Waals surface area (Å²) in [6, 6.07) is 9.93. The SMILES string of the molecule is CC(C)(C)OC(=O)Nc1ccc(C(=O)OCCCC(=O)c2cccs2)cc1. The highest BCUT2D eigenvalue weighted by Gasteiger charge is 2.16. The molecule has 0 saturated carbocycles. The number of carbonyl (C=O) groups excluding carboxylic acids is 3. The van der Waals surface area contributed by atoms with E-state index in [1.807, 2.05) is 11.4 Å². The standard InChI is InChI=1S/C20H23NO5S/c1-20(2,3)26-19(24)21-15-10-8-14(9-11-15)18(23)25-12-4-6-16(22)17-7-5-13-27-17/h5,7-11,13H,4,6,12H2,1-3H3,(H,21,24). The molecule has 7 heteroatoms. The maximum absolute atomic E-state index is 12.0. The Morgan fingerprint density at radius 1 is 1.07 bits per heavy atom. The molecule has 6 nitrogen and oxygen atoms in total. The number of benzene rings is 1. The van der Waals surface area contributed by atoms with Gasteiger partial charge in [-0.2, -0.15) is 0 Å². The van der Waals surface area contributed by atoms with Gasteiger partial charge in [-0.1, -0.05) is 6.07 Å². The third kappa shape index (κ3) is 7.22. The van der Waals surface area contributed by atoms with Crippen LogP contribution < -0.4 is 5.32 Å². The van der Waals surface area contributed by atoms with Crippen LogP contribution in [0.3, 0.4) is 0 Å². The maximum atomic E-state index is 12.0. The molecule has 27 heavy (non-hydrogen) atoms. The number of hydrogen-bond acceptors (Lipinski definition) is 6. The van der Waals surface area contributed by atoms with Crippen molar-refractivity contribution in [2.75, 3.05) is 11.9 Å². The highest BCUT2D eigenvalue weighted by molar-refractivity contribution is 7.12. The Labute approximate surface area is 162 Å². The van der Waals surface area contributed by atoms with Gasteiger partial charge in [0.25, 0.3) is 0 Å². The lowest BCUT2D eigenvalue weighted by molar-refractivity contribution is 0.0494. The first kappa shape index (κ1) is 20.6. The highest BCUT2D eigenvalue weighted by atomic mass is 32.1. The molecule has 0 unspecified atom stereocenters. The average Bonchev–Trinajstić information content (AvgIpc) is 3.12. The second-order valence-electron chi connectivity index (χ2n) is 6.84. The van der Waals surface area contributed by atoms with Crippen LogP contribution in [0, 0.1) is 0 Å². The molecular weight excluding hydrogens is 366 g/mol. The van der Waals surface area contributed by atoms with E-state index in [-0.39, 0.29) is 12.4 Å². The van der Waals surface area contributed by atoms with Crippen molar-refractivity contribution in [2.24, 2.45) is 0 Å². The summed E-state index contributed by atoms with van der Waals surface area (Å²) in [7, 11) is 0. The number of ether oxygens (including phenoxy) is 2. The predicted molar refractivity (Wildman–Crippen MR) is 104 cm³/mol. The van der Waals surface area contributed by atoms with Gasteiger partial charge < -0.3 is 9.47 Å². The van der Waals surface area contributed by atoms with E-state index in [1.165, 1.54) is 11.3 Å². The first-order chi connectivity index (χ1) is 12.7. The van der Waals surface area contributed by atoms with Crippen molar-refractivity contribution in [3.63, 3.8) is 0 Å². The van der Waals surface area contributed by atoms with Crippen LogP contribution in [0.4, 0.5) is 10.5 Å². The van der Waals surface area contributed by atoms with Gasteiger partial charge in [-0.3, -0.25) is 10.1 Å². The Balaban J connectivity index is 1.75. The van der Waals surface area contributed by atoms with Gasteiger partial charge in [-0.05, 0) is 62.9 Å². The molecule has 0 spiro atoms. The van der Waals surface area contributed by atoms with E-state index >= 15 is 0 Å². The third-order valence-corrected chi connectivity index (χ3v) is 4.25. The van der Waals surface area contributed by atoms with E-state index in [0.29, 0.717) is 24.1 Å². The summed E-state index contributed by atoms with van der Waals surface area (Å²) < 4.78 is 10.3. The van der Waals surface area contributed by atoms with Crippen molar-refractivity contribution in [1.29, 1.82) is 0 Å². The maximum Gasteiger partial charge on any atom is 0.412 e. The van der Waals surface area contributed by atoms with E-state index in [2.05, 4.69) is 5.32 Å². The Hall–Kier alpha value is -2.67. The lowest BCUT2D eigenvalue weighted by atomic mass is 10.2. The van der Waals surface area contributed by atoms with Gasteiger partial charge in [0.05, 0.1) is 17.0 Å². The van der Waals surface area contributed by atoms with E-state index in [0.717, 1.165) is 4.88 Å². The molecule has 0 fully saturated rings. The van der Waals surface area contributed by atoms with E-state index in [4.69, 9.17) is 9.47 Å². The number of hydrogen-bond donors (Lipinski definition) is 1. The smallest absolute Gasteiger partial charge is 0.412 e. The molecule has 0 radical (unpaired) electrons. The van der Waals surface area contributed by atoms with Crippen LogP contribution in [0.2, 0.25) is 0 Å². The van der Waals surface area contributed by atoms with Crippen LogP contribution in [0.25, 0.3) is 0 Å². The van der Waals surface area contributed by atoms with Gasteiger partial charge in [-0.15, -0.1) is 11.3 Å². The number of nitrogens with one attached hydrogen (secondary N) is 1. The summed E-state index contributed by atoms with van der Waals surface area (Å²) in [6.45, 7) is 5.51. The van der Waals surface area contributed by atoms with Crippen LogP contribution in [0.1, 0.15) is 53.6 Å². The first-order valence-corrected chi connectivity index (χ1v) is 9.46. The number of thiophene rings is 1. The minimum absolute atomic E-state index is 0.0543. The summed E-state index contributed by atoms with van der Waals surface area (Å²) in [5, 5.41) is 4.45. The Kier molecular flexibility index (Phi) is 7.12. The lowest BCUT2D eigenvalue weighted by Crippen LogP contribution is -2.27. The number of rotatable bonds is 7. The molecular formula is C20H23NO5S. The van der Waals surface area contributed by atoms with Crippen molar-refractivity contribution in [3.05, 3.63) is 52.2 Å². The molecule has 0 saturated heterocycles. The van der Waals surface area contributed by atoms with Gasteiger partial charge in [0.2, 0.25) is 0 Å². The predicted octanol–water partition coefficient (Wildman–Crippen LogP) is 4.92. The van der Waals surface area contributed by atoms with E-state index in [9.17, 15) is 14.4 Å². The molecule has 1 N–H and O–H groups in total. The molecule has 1 amide bonds. The normalized spacial score (nSPS) is 10.9. The first-order valence-electron chi connectivity index (χ1n) is 8.58. The second kappa shape index (κ2) is 9.32. The molecule has 1 aromatic carbocycles. The molecule has 1 aromatic heterocycles. The molecule has 0 atom stereocenters. The van der Waals surface area contributed by atoms with Gasteiger partial charge in [0.15, 0.2) is 5.78 Å². The van der Waals surface area contributed by atoms with E-state index in [1.54, 1.807) is 51.1 Å². The fraction of sp³-hybridized carbons (Fsp3) is 0.350. The van der Waals surface area contributed by atoms with Crippen LogP contribution in [0.15, 0.2) is 41.8 Å². The number of ketones is 1. The summed E-state index contributed by atoms with van der Waals surface area (Å²) in [5.41, 5.74) is 0.301. The van der Waals surface area contributed by atoms with E-state index < -0.39 is 17.7 Å². The van der Waals surface area contributed by atoms with Crippen LogP contribution in [-0.2, 0) is 9.47 Å². The highest BCUT2D eigenvalue weighted by Crippen LogP contribution is 2.15. The quantitative estimate of drug-likeness (QED) is 0.413. The monoisotopic (exact) mass is 389 g/mol. The summed E-state index contributed by atoms with van der Waals surface area (Å²) in [4.78, 5) is 36.3. The number of anilines is 1. The minimum Gasteiger partial charge on any atom is -0.462 e. The molecule has 2 rings (SSSR count). The zero-order chi connectivity index (χ0) is 19.9. The van der Waals surface area contributed by atoms with Gasteiger partial charge in [-0.25, -0.2) is 9.59 Å². The van der Waals surface area contributed by atoms with Crippen molar-refractivity contribution in [3.8, 4) is 0 Å². The second-order valence-corrected chi connectivity index (χ2v) is 7.79. The molecule has 0 aliphatic carbocycles. The summed E-state index contributed by atoms with van der Waals surface area (Å²) in [5.74, 6) is -0.416. The van der Waals surface area contributed by atoms with Crippen LogP contribution in [-0.4, -0.2) is 30.1 Å². The van der Waals surface area contributed by atoms with Gasteiger partial charge in [0.1, 0.15) is 5.60 Å². The summed E-state index contributed by atoms with van der Waals surface area (Å²) in [6.07, 6.45) is 0.251. The Morgan fingerprint density at radius 2 is 1.78 bits per heavy atom. The molecule has 2 aromatic rings. The molecule has 144 valence electrons. The van der Waals surface area contributed by atoms with Crippen molar-refractivity contribution >= 4 is 34.9 Å². The zero-order valence-electron chi connectivity index (χ0n) is 15.6. The molecule has 0 aliphatic rings. The van der Waals surface area contributed by atoms with Crippen molar-refractivity contribution < 1.29 is 23.9 Å². The topological polar surface area (TPSA) is 81.7 Å². The van der Waals surface area contributed by atoms with Crippen LogP contribution >= 0.6 is 11.3 Å². The number of Topliss-reactive ketones (excluding diaryl/α,β-unsaturated/α-hetero) is 1. The third-order valence-electron chi connectivity index (χ3n) is 3.34. The number of carbonyl (C=O) groups is 3. The Morgan fingerprint density at radius 3 is 2.37 bits per heavy atom. The molecule has 0 bridgehead atoms. The fourth-order valence-corrected chi connectivity index (χ4v) is 2.85. The fourth-order valence-electron chi connectivity index (χ4n) is 2.15. The van der Waals surface area contributed by atoms with Crippen molar-refractivity contribution in [2.45, 2.75) is 39.2 Å². The number of esters is 1. The lowest BCUT2D eigenvalue weighted by Gasteiger charge is -2.19. The minimum atomic E-state index is -0.585. The molecule has 1 heterocycles. The van der Waals surface area contributed by atoms with Crippen LogP contribution in [0.5, 0.6) is 0 Å². The Bertz CT molecular complexity index is 776. The summed E-state index contributed by atoms with van der Waals surface area (Å²) >= 11 is 1.40. The van der Waals surface area contributed by atoms with Crippen molar-refractivity contribution in [1.82, 2.24) is 0 Å².